The fourth-order valence-corrected chi connectivity index (χ4v) is 4.13. The Kier molecular flexibility index (Phi) is 8.62. The Labute approximate surface area is 196 Å². The molecule has 0 heterocycles. The molecular formula is C29H34F2O2. The van der Waals surface area contributed by atoms with E-state index < -0.39 is 6.11 Å². The minimum atomic E-state index is -3.40. The molecule has 0 aliphatic carbocycles. The molecule has 0 fully saturated rings. The average Bonchev–Trinajstić information content (AvgIpc) is 2.84. The molecule has 0 unspecified atom stereocenters. The molecule has 3 aromatic carbocycles. The summed E-state index contributed by atoms with van der Waals surface area (Å²) in [5.41, 5.74) is 6.53. The van der Waals surface area contributed by atoms with E-state index in [0.717, 1.165) is 54.4 Å². The molecule has 0 saturated heterocycles. The van der Waals surface area contributed by atoms with Crippen LogP contribution in [0.25, 0.3) is 11.1 Å². The maximum atomic E-state index is 14.8. The first kappa shape index (κ1) is 24.9. The Morgan fingerprint density at radius 3 is 1.94 bits per heavy atom. The van der Waals surface area contributed by atoms with Gasteiger partial charge < -0.3 is 9.84 Å². The van der Waals surface area contributed by atoms with Crippen molar-refractivity contribution in [3.63, 3.8) is 0 Å². The van der Waals surface area contributed by atoms with Gasteiger partial charge in [-0.05, 0) is 96.2 Å². The van der Waals surface area contributed by atoms with Gasteiger partial charge in [-0.15, -0.1) is 0 Å². The number of benzene rings is 3. The third-order valence-corrected chi connectivity index (χ3v) is 6.12. The van der Waals surface area contributed by atoms with Crippen molar-refractivity contribution in [2.24, 2.45) is 0 Å². The highest BCUT2D eigenvalue weighted by Crippen LogP contribution is 2.36. The van der Waals surface area contributed by atoms with Gasteiger partial charge in [-0.3, -0.25) is 0 Å². The monoisotopic (exact) mass is 452 g/mol. The van der Waals surface area contributed by atoms with Crippen molar-refractivity contribution in [3.8, 4) is 16.9 Å². The first-order chi connectivity index (χ1) is 15.9. The minimum Gasteiger partial charge on any atom is -0.429 e. The van der Waals surface area contributed by atoms with Crippen LogP contribution in [0.1, 0.15) is 61.4 Å². The quantitative estimate of drug-likeness (QED) is 0.306. The molecule has 0 aromatic heterocycles. The summed E-state index contributed by atoms with van der Waals surface area (Å²) in [6.07, 6.45) is 1.70. The van der Waals surface area contributed by atoms with Gasteiger partial charge in [0, 0.05) is 6.61 Å². The Bertz CT molecular complexity index is 1040. The number of aryl methyl sites for hydroxylation is 4. The van der Waals surface area contributed by atoms with E-state index in [0.29, 0.717) is 6.42 Å². The number of ether oxygens (including phenoxy) is 1. The van der Waals surface area contributed by atoms with Gasteiger partial charge in [0.1, 0.15) is 5.75 Å². The Hall–Kier alpha value is -2.72. The summed E-state index contributed by atoms with van der Waals surface area (Å²) in [4.78, 5) is 0. The summed E-state index contributed by atoms with van der Waals surface area (Å²) >= 11 is 0. The summed E-state index contributed by atoms with van der Waals surface area (Å²) in [6, 6.07) is 18.0. The normalized spacial score (nSPS) is 11.6. The molecule has 0 amide bonds. The number of aliphatic hydroxyl groups excluding tert-OH is 1. The first-order valence-electron chi connectivity index (χ1n) is 11.9. The number of unbranched alkanes of at least 4 members (excludes halogenated alkanes) is 1. The Morgan fingerprint density at radius 2 is 1.33 bits per heavy atom. The number of alkyl halides is 2. The third-order valence-electron chi connectivity index (χ3n) is 6.12. The smallest absolute Gasteiger partial charge is 0.426 e. The minimum absolute atomic E-state index is 0.146. The van der Waals surface area contributed by atoms with E-state index in [2.05, 4.69) is 25.1 Å². The number of hydrogen-bond acceptors (Lipinski definition) is 2. The van der Waals surface area contributed by atoms with E-state index in [1.165, 1.54) is 23.3 Å². The predicted molar refractivity (Wildman–Crippen MR) is 131 cm³/mol. The van der Waals surface area contributed by atoms with E-state index in [9.17, 15) is 8.78 Å². The van der Waals surface area contributed by atoms with Crippen LogP contribution < -0.4 is 4.74 Å². The molecule has 33 heavy (non-hydrogen) atoms. The molecule has 3 rings (SSSR count). The van der Waals surface area contributed by atoms with E-state index in [-0.39, 0.29) is 17.9 Å². The molecule has 0 bridgehead atoms. The van der Waals surface area contributed by atoms with Gasteiger partial charge in [-0.25, -0.2) is 0 Å². The molecule has 2 nitrogen and oxygen atoms in total. The van der Waals surface area contributed by atoms with Gasteiger partial charge in [0.05, 0.1) is 5.56 Å². The second-order valence-corrected chi connectivity index (χ2v) is 8.37. The van der Waals surface area contributed by atoms with Crippen molar-refractivity contribution in [2.45, 2.75) is 65.4 Å². The number of rotatable bonds is 11. The molecule has 4 heteroatoms. The van der Waals surface area contributed by atoms with E-state index in [1.54, 1.807) is 24.3 Å². The predicted octanol–water partition coefficient (Wildman–Crippen LogP) is 7.48. The zero-order chi connectivity index (χ0) is 23.8. The molecule has 0 saturated carbocycles. The summed E-state index contributed by atoms with van der Waals surface area (Å²) in [7, 11) is 0. The van der Waals surface area contributed by atoms with E-state index in [1.807, 2.05) is 19.9 Å². The molecule has 0 spiro atoms. The molecule has 0 aliphatic heterocycles. The van der Waals surface area contributed by atoms with Crippen molar-refractivity contribution in [1.82, 2.24) is 0 Å². The van der Waals surface area contributed by atoms with Crippen LogP contribution in [0.5, 0.6) is 5.75 Å². The summed E-state index contributed by atoms with van der Waals surface area (Å²) < 4.78 is 34.8. The molecule has 0 aliphatic rings. The maximum Gasteiger partial charge on any atom is 0.426 e. The van der Waals surface area contributed by atoms with Crippen molar-refractivity contribution in [1.29, 1.82) is 0 Å². The molecule has 176 valence electrons. The zero-order valence-corrected chi connectivity index (χ0v) is 19.8. The fourth-order valence-electron chi connectivity index (χ4n) is 4.13. The van der Waals surface area contributed by atoms with Crippen molar-refractivity contribution in [2.75, 3.05) is 6.61 Å². The molecule has 3 aromatic rings. The molecule has 0 atom stereocenters. The van der Waals surface area contributed by atoms with Crippen LogP contribution in [-0.4, -0.2) is 11.7 Å². The number of aliphatic hydroxyl groups is 1. The average molecular weight is 453 g/mol. The summed E-state index contributed by atoms with van der Waals surface area (Å²) in [6.45, 7) is 6.37. The van der Waals surface area contributed by atoms with Gasteiger partial charge in [0.25, 0.3) is 0 Å². The SMILES string of the molecule is CCc1ccc(C(F)(F)Oc2ccc(-c3ccc(CCCCO)cc3CC)c(CC)c2)cc1. The number of hydrogen-bond donors (Lipinski definition) is 1. The lowest BCUT2D eigenvalue weighted by Crippen LogP contribution is -2.22. The lowest BCUT2D eigenvalue weighted by Gasteiger charge is -2.20. The molecule has 1 N–H and O–H groups in total. The lowest BCUT2D eigenvalue weighted by molar-refractivity contribution is -0.185. The van der Waals surface area contributed by atoms with Crippen LogP contribution in [0, 0.1) is 0 Å². The lowest BCUT2D eigenvalue weighted by atomic mass is 9.91. The van der Waals surface area contributed by atoms with E-state index >= 15 is 0 Å². The van der Waals surface area contributed by atoms with Crippen LogP contribution in [-0.2, 0) is 31.8 Å². The largest absolute Gasteiger partial charge is 0.429 e. The van der Waals surface area contributed by atoms with Gasteiger partial charge >= 0.3 is 6.11 Å². The topological polar surface area (TPSA) is 29.5 Å². The van der Waals surface area contributed by atoms with Crippen LogP contribution in [0.3, 0.4) is 0 Å². The first-order valence-corrected chi connectivity index (χ1v) is 11.9. The summed E-state index contributed by atoms with van der Waals surface area (Å²) in [5, 5.41) is 9.02. The van der Waals surface area contributed by atoms with Crippen molar-refractivity contribution in [3.05, 3.63) is 88.5 Å². The van der Waals surface area contributed by atoms with E-state index in [4.69, 9.17) is 9.84 Å². The zero-order valence-electron chi connectivity index (χ0n) is 19.8. The second-order valence-electron chi connectivity index (χ2n) is 8.37. The van der Waals surface area contributed by atoms with Crippen molar-refractivity contribution >= 4 is 0 Å². The molecular weight excluding hydrogens is 418 g/mol. The standard InChI is InChI=1S/C29H34F2O2/c1-4-21-10-13-25(14-11-21)29(30,31)33-26-15-17-28(24(6-3)20-26)27-16-12-22(9-7-8-18-32)19-23(27)5-2/h10-17,19-20,32H,4-9,18H2,1-3H3. The third kappa shape index (κ3) is 6.20. The summed E-state index contributed by atoms with van der Waals surface area (Å²) in [5.74, 6) is 0.166. The van der Waals surface area contributed by atoms with Crippen LogP contribution in [0.15, 0.2) is 60.7 Å². The highest BCUT2D eigenvalue weighted by molar-refractivity contribution is 5.72. The Morgan fingerprint density at radius 1 is 0.727 bits per heavy atom. The van der Waals surface area contributed by atoms with Crippen LogP contribution in [0.2, 0.25) is 0 Å². The van der Waals surface area contributed by atoms with Gasteiger partial charge in [0.2, 0.25) is 0 Å². The van der Waals surface area contributed by atoms with Crippen LogP contribution >= 0.6 is 0 Å². The molecule has 0 radical (unpaired) electrons. The maximum absolute atomic E-state index is 14.8. The van der Waals surface area contributed by atoms with Gasteiger partial charge in [-0.2, -0.15) is 8.78 Å². The highest BCUT2D eigenvalue weighted by atomic mass is 19.3. The van der Waals surface area contributed by atoms with Gasteiger partial charge in [-0.1, -0.05) is 57.2 Å². The van der Waals surface area contributed by atoms with Crippen LogP contribution in [0.4, 0.5) is 8.78 Å². The fraction of sp³-hybridized carbons (Fsp3) is 0.379. The highest BCUT2D eigenvalue weighted by Gasteiger charge is 2.34. The van der Waals surface area contributed by atoms with Gasteiger partial charge in [0.15, 0.2) is 0 Å². The number of halogens is 2. The van der Waals surface area contributed by atoms with Crippen molar-refractivity contribution < 1.29 is 18.6 Å². The second kappa shape index (κ2) is 11.4. The Balaban J connectivity index is 1.86.